The van der Waals surface area contributed by atoms with Crippen LogP contribution in [0.5, 0.6) is 0 Å². The lowest BCUT2D eigenvalue weighted by Crippen LogP contribution is -2.31. The van der Waals surface area contributed by atoms with Crippen LogP contribution in [0.1, 0.15) is 45.8 Å². The third-order valence-corrected chi connectivity index (χ3v) is 7.43. The molecule has 6 nitrogen and oxygen atoms in total. The van der Waals surface area contributed by atoms with Gasteiger partial charge in [0.2, 0.25) is 10.0 Å². The normalized spacial score (nSPS) is 12.4. The number of carbonyl (C=O) groups excluding carboxylic acids is 1. The number of fused-ring (bicyclic) bond motifs is 1. The van der Waals surface area contributed by atoms with Crippen molar-refractivity contribution in [3.8, 4) is 0 Å². The minimum absolute atomic E-state index is 0.103. The minimum atomic E-state index is -3.79. The Morgan fingerprint density at radius 1 is 0.943 bits per heavy atom. The summed E-state index contributed by atoms with van der Waals surface area (Å²) in [4.78, 5) is 18.4. The van der Waals surface area contributed by atoms with Crippen molar-refractivity contribution in [1.29, 1.82) is 0 Å². The van der Waals surface area contributed by atoms with Crippen LogP contribution in [-0.4, -0.2) is 25.9 Å². The maximum atomic E-state index is 13.5. The van der Waals surface area contributed by atoms with E-state index >= 15 is 0 Å². The van der Waals surface area contributed by atoms with Crippen LogP contribution in [0.4, 0.5) is 0 Å². The molecule has 0 spiro atoms. The predicted molar refractivity (Wildman–Crippen MR) is 137 cm³/mol. The molecule has 1 aromatic heterocycles. The number of para-hydroxylation sites is 1. The largest absolute Gasteiger partial charge is 0.452 e. The van der Waals surface area contributed by atoms with Crippen LogP contribution in [0, 0.1) is 13.8 Å². The van der Waals surface area contributed by atoms with Crippen molar-refractivity contribution in [1.82, 2.24) is 9.71 Å². The average molecular weight is 489 g/mol. The number of pyridine rings is 1. The quantitative estimate of drug-likeness (QED) is 0.341. The Morgan fingerprint density at radius 2 is 1.60 bits per heavy atom. The highest BCUT2D eigenvalue weighted by Crippen LogP contribution is 2.27. The number of carbonyl (C=O) groups is 1. The van der Waals surface area contributed by atoms with Crippen LogP contribution in [-0.2, 0) is 21.2 Å². The van der Waals surface area contributed by atoms with E-state index in [1.54, 1.807) is 24.3 Å². The lowest BCUT2D eigenvalue weighted by atomic mass is 10.00. The summed E-state index contributed by atoms with van der Waals surface area (Å²) in [6.45, 7) is 5.65. The summed E-state index contributed by atoms with van der Waals surface area (Å²) in [6, 6.07) is 23.2. The average Bonchev–Trinajstić information content (AvgIpc) is 2.86. The first kappa shape index (κ1) is 24.6. The maximum absolute atomic E-state index is 13.5. The summed E-state index contributed by atoms with van der Waals surface area (Å²) in [7, 11) is -3.79. The zero-order valence-corrected chi connectivity index (χ0v) is 20.8. The number of sulfonamides is 1. The highest BCUT2D eigenvalue weighted by molar-refractivity contribution is 7.89. The van der Waals surface area contributed by atoms with Gasteiger partial charge in [-0.2, -0.15) is 0 Å². The van der Waals surface area contributed by atoms with Gasteiger partial charge >= 0.3 is 5.97 Å². The topological polar surface area (TPSA) is 85.4 Å². The van der Waals surface area contributed by atoms with E-state index in [4.69, 9.17) is 4.74 Å². The van der Waals surface area contributed by atoms with E-state index in [2.05, 4.69) is 9.71 Å². The van der Waals surface area contributed by atoms with E-state index in [0.717, 1.165) is 22.3 Å². The molecule has 4 rings (SSSR count). The maximum Gasteiger partial charge on any atom is 0.339 e. The molecule has 35 heavy (non-hydrogen) atoms. The second-order valence-electron chi connectivity index (χ2n) is 8.40. The number of nitrogens with one attached hydrogen (secondary N) is 1. The number of hydrogen-bond acceptors (Lipinski definition) is 5. The van der Waals surface area contributed by atoms with Gasteiger partial charge in [0, 0.05) is 11.1 Å². The first-order valence-electron chi connectivity index (χ1n) is 11.5. The van der Waals surface area contributed by atoms with Crippen LogP contribution >= 0.6 is 0 Å². The summed E-state index contributed by atoms with van der Waals surface area (Å²) in [5.74, 6) is -0.515. The van der Waals surface area contributed by atoms with Gasteiger partial charge in [-0.3, -0.25) is 4.98 Å². The minimum Gasteiger partial charge on any atom is -0.452 e. The Morgan fingerprint density at radius 3 is 2.29 bits per heavy atom. The highest BCUT2D eigenvalue weighted by Gasteiger charge is 2.25. The number of nitrogens with zero attached hydrogens (tertiary/aromatic N) is 1. The number of benzene rings is 3. The van der Waals surface area contributed by atoms with Gasteiger partial charge in [-0.1, -0.05) is 73.2 Å². The zero-order chi connectivity index (χ0) is 25.0. The van der Waals surface area contributed by atoms with Crippen molar-refractivity contribution in [2.75, 3.05) is 6.54 Å². The van der Waals surface area contributed by atoms with Crippen LogP contribution in [0.15, 0.2) is 83.8 Å². The van der Waals surface area contributed by atoms with E-state index in [1.807, 2.05) is 75.4 Å². The molecule has 0 unspecified atom stereocenters. The fourth-order valence-corrected chi connectivity index (χ4v) is 5.07. The molecule has 180 valence electrons. The van der Waals surface area contributed by atoms with E-state index in [1.165, 1.54) is 0 Å². The van der Waals surface area contributed by atoms with Gasteiger partial charge in [-0.25, -0.2) is 17.9 Å². The fraction of sp³-hybridized carbons (Fsp3) is 0.214. The smallest absolute Gasteiger partial charge is 0.339 e. The molecule has 0 fully saturated rings. The summed E-state index contributed by atoms with van der Waals surface area (Å²) >= 11 is 0. The van der Waals surface area contributed by atoms with Crippen molar-refractivity contribution < 1.29 is 17.9 Å². The summed E-state index contributed by atoms with van der Waals surface area (Å²) in [5.41, 5.74) is 4.42. The van der Waals surface area contributed by atoms with E-state index in [-0.39, 0.29) is 11.4 Å². The van der Waals surface area contributed by atoms with Crippen LogP contribution in [0.3, 0.4) is 0 Å². The van der Waals surface area contributed by atoms with Crippen LogP contribution < -0.4 is 4.72 Å². The molecule has 0 aliphatic heterocycles. The number of aryl methyl sites for hydroxylation is 2. The van der Waals surface area contributed by atoms with Crippen molar-refractivity contribution in [3.05, 3.63) is 107 Å². The monoisotopic (exact) mass is 488 g/mol. The predicted octanol–water partition coefficient (Wildman–Crippen LogP) is 5.29. The van der Waals surface area contributed by atoms with Crippen molar-refractivity contribution in [3.63, 3.8) is 0 Å². The highest BCUT2D eigenvalue weighted by atomic mass is 32.2. The number of aromatic nitrogens is 1. The molecule has 7 heteroatoms. The molecule has 4 aromatic rings. The van der Waals surface area contributed by atoms with Gasteiger partial charge in [0.1, 0.15) is 6.10 Å². The van der Waals surface area contributed by atoms with Crippen LogP contribution in [0.25, 0.3) is 10.9 Å². The third-order valence-electron chi connectivity index (χ3n) is 5.99. The van der Waals surface area contributed by atoms with E-state index in [0.29, 0.717) is 22.9 Å². The second-order valence-corrected chi connectivity index (χ2v) is 10.2. The van der Waals surface area contributed by atoms with Gasteiger partial charge in [0.25, 0.3) is 0 Å². The lowest BCUT2D eigenvalue weighted by Gasteiger charge is -2.21. The Kier molecular flexibility index (Phi) is 7.28. The van der Waals surface area contributed by atoms with Crippen molar-refractivity contribution in [2.45, 2.75) is 38.2 Å². The Balaban J connectivity index is 1.66. The van der Waals surface area contributed by atoms with Crippen molar-refractivity contribution >= 4 is 26.9 Å². The molecule has 1 N–H and O–H groups in total. The lowest BCUT2D eigenvalue weighted by molar-refractivity contribution is 0.0309. The molecule has 0 bridgehead atoms. The molecule has 0 saturated carbocycles. The van der Waals surface area contributed by atoms with Gasteiger partial charge in [-0.05, 0) is 49.6 Å². The number of ether oxygens (including phenoxy) is 1. The van der Waals surface area contributed by atoms with Gasteiger partial charge < -0.3 is 4.74 Å². The van der Waals surface area contributed by atoms with E-state index in [9.17, 15) is 13.2 Å². The molecule has 1 atom stereocenters. The Hall–Kier alpha value is -3.55. The molecule has 0 aliphatic rings. The van der Waals surface area contributed by atoms with Gasteiger partial charge in [-0.15, -0.1) is 0 Å². The second kappa shape index (κ2) is 10.4. The molecule has 0 saturated heterocycles. The van der Waals surface area contributed by atoms with Crippen LogP contribution in [0.2, 0.25) is 0 Å². The molecule has 3 aromatic carbocycles. The summed E-state index contributed by atoms with van der Waals surface area (Å²) in [5, 5.41) is 0.708. The number of hydrogen-bond donors (Lipinski definition) is 1. The molecular formula is C28H28N2O4S. The molecule has 0 radical (unpaired) electrons. The van der Waals surface area contributed by atoms with E-state index < -0.39 is 22.1 Å². The summed E-state index contributed by atoms with van der Waals surface area (Å²) in [6.07, 6.45) is -0.143. The standard InChI is InChI=1S/C28H28N2O4S/c1-4-24-20(3)27(23-12-8-9-13-25(23)30-24)28(31)34-26(21-10-6-5-7-11-21)18-29-35(32,33)22-16-14-19(2)15-17-22/h5-17,26,29H,4,18H2,1-3H3/t26-/m1/s1. The first-order valence-corrected chi connectivity index (χ1v) is 13.0. The van der Waals surface area contributed by atoms with Gasteiger partial charge in [0.05, 0.1) is 22.5 Å². The van der Waals surface area contributed by atoms with Crippen molar-refractivity contribution in [2.24, 2.45) is 0 Å². The third kappa shape index (κ3) is 5.42. The molecule has 1 heterocycles. The summed E-state index contributed by atoms with van der Waals surface area (Å²) < 4.78 is 34.4. The molecule has 0 aliphatic carbocycles. The Bertz CT molecular complexity index is 1450. The Labute approximate surface area is 206 Å². The number of rotatable bonds is 8. The SMILES string of the molecule is CCc1nc2ccccc2c(C(=O)O[C@H](CNS(=O)(=O)c2ccc(C)cc2)c2ccccc2)c1C. The zero-order valence-electron chi connectivity index (χ0n) is 20.0. The first-order chi connectivity index (χ1) is 16.8. The van der Waals surface area contributed by atoms with Gasteiger partial charge in [0.15, 0.2) is 0 Å². The fourth-order valence-electron chi connectivity index (χ4n) is 4.03. The molecule has 0 amide bonds. The molecular weight excluding hydrogens is 460 g/mol. The number of esters is 1.